The van der Waals surface area contributed by atoms with Gasteiger partial charge in [-0.1, -0.05) is 18.2 Å². The van der Waals surface area contributed by atoms with Crippen LogP contribution in [0.2, 0.25) is 0 Å². The standard InChI is InChI=1S/C21H22F3NO3/c22-21(23,24)16-4-2-6-19(12-16)28-18-5-1-3-14(11-18)13-25-17-9-7-15(8-10-17)20(26)27/h1-6,11-12,15,17,25H,7-10,13H2,(H,26,27). The van der Waals surface area contributed by atoms with E-state index in [2.05, 4.69) is 5.32 Å². The van der Waals surface area contributed by atoms with Crippen molar-refractivity contribution in [1.29, 1.82) is 0 Å². The van der Waals surface area contributed by atoms with Gasteiger partial charge in [0.2, 0.25) is 0 Å². The predicted molar refractivity (Wildman–Crippen MR) is 98.2 cm³/mol. The summed E-state index contributed by atoms with van der Waals surface area (Å²) in [5.41, 5.74) is 0.199. The second-order valence-electron chi connectivity index (χ2n) is 7.04. The first kappa shape index (κ1) is 20.2. The van der Waals surface area contributed by atoms with Crippen LogP contribution in [0.3, 0.4) is 0 Å². The molecule has 2 aromatic carbocycles. The molecule has 4 nitrogen and oxygen atoms in total. The fraction of sp³-hybridized carbons (Fsp3) is 0.381. The number of aliphatic carboxylic acids is 1. The summed E-state index contributed by atoms with van der Waals surface area (Å²) >= 11 is 0. The SMILES string of the molecule is O=C(O)C1CCC(NCc2cccc(Oc3cccc(C(F)(F)F)c3)c2)CC1. The maximum absolute atomic E-state index is 12.8. The van der Waals surface area contributed by atoms with Crippen molar-refractivity contribution in [3.05, 3.63) is 59.7 Å². The molecule has 1 saturated carbocycles. The maximum atomic E-state index is 12.8. The van der Waals surface area contributed by atoms with E-state index in [1.807, 2.05) is 6.07 Å². The first-order chi connectivity index (χ1) is 13.3. The highest BCUT2D eigenvalue weighted by Crippen LogP contribution is 2.33. The molecule has 0 spiro atoms. The van der Waals surface area contributed by atoms with E-state index in [9.17, 15) is 18.0 Å². The summed E-state index contributed by atoms with van der Waals surface area (Å²) in [6.45, 7) is 0.586. The quantitative estimate of drug-likeness (QED) is 0.706. The summed E-state index contributed by atoms with van der Waals surface area (Å²) in [6, 6.07) is 12.2. The second kappa shape index (κ2) is 8.65. The molecule has 7 heteroatoms. The van der Waals surface area contributed by atoms with E-state index in [1.165, 1.54) is 12.1 Å². The third-order valence-electron chi connectivity index (χ3n) is 4.97. The van der Waals surface area contributed by atoms with Crippen molar-refractivity contribution in [2.45, 2.75) is 44.4 Å². The van der Waals surface area contributed by atoms with E-state index in [1.54, 1.807) is 18.2 Å². The van der Waals surface area contributed by atoms with Crippen molar-refractivity contribution in [1.82, 2.24) is 5.32 Å². The molecule has 0 amide bonds. The summed E-state index contributed by atoms with van der Waals surface area (Å²) in [5.74, 6) is -0.375. The molecule has 1 aliphatic carbocycles. The minimum Gasteiger partial charge on any atom is -0.481 e. The molecule has 0 bridgehead atoms. The third kappa shape index (κ3) is 5.48. The van der Waals surface area contributed by atoms with Gasteiger partial charge in [-0.2, -0.15) is 13.2 Å². The summed E-state index contributed by atoms with van der Waals surface area (Å²) in [4.78, 5) is 11.0. The fourth-order valence-electron chi connectivity index (χ4n) is 3.40. The zero-order valence-electron chi connectivity index (χ0n) is 15.2. The normalized spacial score (nSPS) is 20.0. The average Bonchev–Trinajstić information content (AvgIpc) is 2.66. The number of rotatable bonds is 6. The monoisotopic (exact) mass is 393 g/mol. The van der Waals surface area contributed by atoms with Crippen molar-refractivity contribution >= 4 is 5.97 Å². The fourth-order valence-corrected chi connectivity index (χ4v) is 3.40. The summed E-state index contributed by atoms with van der Waals surface area (Å²) in [5, 5.41) is 12.5. The van der Waals surface area contributed by atoms with Gasteiger partial charge < -0.3 is 15.2 Å². The maximum Gasteiger partial charge on any atom is 0.416 e. The number of carboxylic acids is 1. The lowest BCUT2D eigenvalue weighted by Crippen LogP contribution is -2.34. The molecule has 0 saturated heterocycles. The number of hydrogen-bond donors (Lipinski definition) is 2. The van der Waals surface area contributed by atoms with Gasteiger partial charge >= 0.3 is 12.1 Å². The van der Waals surface area contributed by atoms with Crippen LogP contribution < -0.4 is 10.1 Å². The highest BCUT2D eigenvalue weighted by Gasteiger charge is 2.30. The number of carbonyl (C=O) groups is 1. The molecule has 28 heavy (non-hydrogen) atoms. The predicted octanol–water partition coefficient (Wildman–Crippen LogP) is 5.23. The molecule has 2 aromatic rings. The van der Waals surface area contributed by atoms with Crippen LogP contribution in [0, 0.1) is 5.92 Å². The number of benzene rings is 2. The smallest absolute Gasteiger partial charge is 0.416 e. The van der Waals surface area contributed by atoms with Gasteiger partial charge in [-0.3, -0.25) is 4.79 Å². The van der Waals surface area contributed by atoms with Crippen LogP contribution in [-0.4, -0.2) is 17.1 Å². The van der Waals surface area contributed by atoms with Crippen molar-refractivity contribution in [3.63, 3.8) is 0 Å². The Morgan fingerprint density at radius 2 is 1.68 bits per heavy atom. The molecule has 0 aliphatic heterocycles. The number of halogens is 3. The van der Waals surface area contributed by atoms with E-state index in [0.717, 1.165) is 30.5 Å². The highest BCUT2D eigenvalue weighted by atomic mass is 19.4. The van der Waals surface area contributed by atoms with Gasteiger partial charge in [0, 0.05) is 12.6 Å². The first-order valence-electron chi connectivity index (χ1n) is 9.21. The molecule has 0 heterocycles. The number of ether oxygens (including phenoxy) is 1. The Labute approximate surface area is 161 Å². The van der Waals surface area contributed by atoms with Gasteiger partial charge in [0.05, 0.1) is 11.5 Å². The third-order valence-corrected chi connectivity index (χ3v) is 4.97. The van der Waals surface area contributed by atoms with Crippen LogP contribution in [0.15, 0.2) is 48.5 Å². The topological polar surface area (TPSA) is 58.6 Å². The van der Waals surface area contributed by atoms with Crippen molar-refractivity contribution < 1.29 is 27.8 Å². The Bertz CT molecular complexity index is 815. The summed E-state index contributed by atoms with van der Waals surface area (Å²) in [7, 11) is 0. The largest absolute Gasteiger partial charge is 0.481 e. The van der Waals surface area contributed by atoms with Gasteiger partial charge in [0.25, 0.3) is 0 Å². The lowest BCUT2D eigenvalue weighted by Gasteiger charge is -2.27. The number of nitrogens with one attached hydrogen (secondary N) is 1. The van der Waals surface area contributed by atoms with Crippen LogP contribution in [0.4, 0.5) is 13.2 Å². The lowest BCUT2D eigenvalue weighted by molar-refractivity contribution is -0.143. The minimum atomic E-state index is -4.41. The molecule has 0 aromatic heterocycles. The number of hydrogen-bond acceptors (Lipinski definition) is 3. The van der Waals surface area contributed by atoms with Crippen molar-refractivity contribution in [3.8, 4) is 11.5 Å². The van der Waals surface area contributed by atoms with E-state index < -0.39 is 17.7 Å². The minimum absolute atomic E-state index is 0.131. The van der Waals surface area contributed by atoms with Crippen LogP contribution in [0.5, 0.6) is 11.5 Å². The molecule has 1 aliphatic rings. The Morgan fingerprint density at radius 1 is 1.04 bits per heavy atom. The van der Waals surface area contributed by atoms with Gasteiger partial charge in [-0.25, -0.2) is 0 Å². The second-order valence-corrected chi connectivity index (χ2v) is 7.04. The van der Waals surface area contributed by atoms with E-state index in [-0.39, 0.29) is 17.7 Å². The number of carboxylic acid groups (broad SMARTS) is 1. The zero-order valence-corrected chi connectivity index (χ0v) is 15.2. The zero-order chi connectivity index (χ0) is 20.1. The van der Waals surface area contributed by atoms with Crippen molar-refractivity contribution in [2.24, 2.45) is 5.92 Å². The van der Waals surface area contributed by atoms with Gasteiger partial charge in [-0.15, -0.1) is 0 Å². The molecule has 2 N–H and O–H groups in total. The summed E-state index contributed by atoms with van der Waals surface area (Å²) < 4.78 is 44.1. The van der Waals surface area contributed by atoms with E-state index in [4.69, 9.17) is 9.84 Å². The Kier molecular flexibility index (Phi) is 6.24. The van der Waals surface area contributed by atoms with Crippen LogP contribution in [0.25, 0.3) is 0 Å². The Morgan fingerprint density at radius 3 is 2.32 bits per heavy atom. The lowest BCUT2D eigenvalue weighted by atomic mass is 9.86. The number of alkyl halides is 3. The van der Waals surface area contributed by atoms with Gasteiger partial charge in [0.15, 0.2) is 0 Å². The van der Waals surface area contributed by atoms with Crippen LogP contribution in [-0.2, 0) is 17.5 Å². The first-order valence-corrected chi connectivity index (χ1v) is 9.21. The molecule has 3 rings (SSSR count). The Hall–Kier alpha value is -2.54. The molecule has 0 unspecified atom stereocenters. The highest BCUT2D eigenvalue weighted by molar-refractivity contribution is 5.70. The van der Waals surface area contributed by atoms with Gasteiger partial charge in [0.1, 0.15) is 11.5 Å². The molecular formula is C21H22F3NO3. The van der Waals surface area contributed by atoms with Gasteiger partial charge in [-0.05, 0) is 61.6 Å². The average molecular weight is 393 g/mol. The van der Waals surface area contributed by atoms with Crippen LogP contribution >= 0.6 is 0 Å². The molecular weight excluding hydrogens is 371 g/mol. The Balaban J connectivity index is 1.57. The summed E-state index contributed by atoms with van der Waals surface area (Å²) in [6.07, 6.45) is -1.43. The molecule has 150 valence electrons. The molecule has 0 radical (unpaired) electrons. The van der Waals surface area contributed by atoms with Crippen molar-refractivity contribution in [2.75, 3.05) is 0 Å². The van der Waals surface area contributed by atoms with E-state index >= 15 is 0 Å². The van der Waals surface area contributed by atoms with Crippen LogP contribution in [0.1, 0.15) is 36.8 Å². The van der Waals surface area contributed by atoms with E-state index in [0.29, 0.717) is 25.1 Å². The molecule has 1 fully saturated rings. The molecule has 0 atom stereocenters.